The number of hydrogen-bond donors (Lipinski definition) is 2. The second-order valence-electron chi connectivity index (χ2n) is 8.63. The molecule has 0 spiro atoms. The fraction of sp³-hybridized carbons (Fsp3) is 0.0714. The molecule has 1 aliphatic heterocycles. The van der Waals surface area contributed by atoms with Gasteiger partial charge in [-0.3, -0.25) is 25.0 Å². The number of H-pyrrole nitrogens is 1. The average Bonchev–Trinajstić information content (AvgIpc) is 3.42. The smallest absolute Gasteiger partial charge is 0.273 e. The number of aromatic amines is 1. The molecule has 5 aromatic rings. The lowest BCUT2D eigenvalue weighted by molar-refractivity contribution is -0.384. The van der Waals surface area contributed by atoms with E-state index in [-0.39, 0.29) is 22.6 Å². The van der Waals surface area contributed by atoms with Gasteiger partial charge in [0.25, 0.3) is 17.5 Å². The Morgan fingerprint density at radius 2 is 1.65 bits per heavy atom. The number of benzene rings is 4. The molecule has 2 amide bonds. The number of imide groups is 1. The molecule has 0 saturated heterocycles. The van der Waals surface area contributed by atoms with E-state index in [1.807, 2.05) is 48.5 Å². The minimum absolute atomic E-state index is 0.146. The van der Waals surface area contributed by atoms with Crippen molar-refractivity contribution in [2.45, 2.75) is 6.61 Å². The molecule has 182 valence electrons. The Balaban J connectivity index is 1.54. The van der Waals surface area contributed by atoms with E-state index in [0.717, 1.165) is 16.5 Å². The van der Waals surface area contributed by atoms with Crippen molar-refractivity contribution < 1.29 is 24.0 Å². The fourth-order valence-corrected chi connectivity index (χ4v) is 4.80. The predicted molar refractivity (Wildman–Crippen MR) is 137 cm³/mol. The summed E-state index contributed by atoms with van der Waals surface area (Å²) in [4.78, 5) is 40.0. The maximum atomic E-state index is 13.0. The lowest BCUT2D eigenvalue weighted by Gasteiger charge is -2.12. The van der Waals surface area contributed by atoms with Crippen LogP contribution < -0.4 is 14.8 Å². The van der Waals surface area contributed by atoms with Gasteiger partial charge in [-0.1, -0.05) is 30.3 Å². The van der Waals surface area contributed by atoms with Gasteiger partial charge in [-0.2, -0.15) is 0 Å². The maximum absolute atomic E-state index is 13.0. The number of amides is 2. The van der Waals surface area contributed by atoms with Crippen LogP contribution in [0.1, 0.15) is 26.3 Å². The Morgan fingerprint density at radius 1 is 0.865 bits per heavy atom. The van der Waals surface area contributed by atoms with Crippen molar-refractivity contribution in [2.75, 3.05) is 7.11 Å². The predicted octanol–water partition coefficient (Wildman–Crippen LogP) is 5.37. The molecule has 37 heavy (non-hydrogen) atoms. The van der Waals surface area contributed by atoms with Gasteiger partial charge in [0.15, 0.2) is 0 Å². The number of nitrogens with zero attached hydrogens (tertiary/aromatic N) is 1. The zero-order valence-electron chi connectivity index (χ0n) is 19.5. The molecule has 4 aromatic carbocycles. The number of aromatic nitrogens is 1. The van der Waals surface area contributed by atoms with Gasteiger partial charge in [0.1, 0.15) is 18.1 Å². The third kappa shape index (κ3) is 3.64. The molecular formula is C28H19N3O6. The molecule has 0 bridgehead atoms. The van der Waals surface area contributed by atoms with Crippen molar-refractivity contribution in [1.82, 2.24) is 10.3 Å². The number of rotatable bonds is 6. The van der Waals surface area contributed by atoms with E-state index in [2.05, 4.69) is 10.3 Å². The number of carbonyl (C=O) groups excluding carboxylic acids is 2. The number of nitro benzene ring substituents is 1. The number of fused-ring (bicyclic) bond motifs is 5. The highest BCUT2D eigenvalue weighted by atomic mass is 16.6. The van der Waals surface area contributed by atoms with Crippen LogP contribution in [0.15, 0.2) is 72.8 Å². The number of hydrogen-bond acceptors (Lipinski definition) is 6. The Hall–Kier alpha value is -5.18. The van der Waals surface area contributed by atoms with E-state index in [4.69, 9.17) is 9.47 Å². The van der Waals surface area contributed by atoms with Gasteiger partial charge in [-0.05, 0) is 35.9 Å². The quantitative estimate of drug-likeness (QED) is 0.186. The lowest BCUT2D eigenvalue weighted by Crippen LogP contribution is -2.20. The van der Waals surface area contributed by atoms with Crippen LogP contribution in [0.4, 0.5) is 5.69 Å². The monoisotopic (exact) mass is 493 g/mol. The lowest BCUT2D eigenvalue weighted by atomic mass is 9.92. The van der Waals surface area contributed by atoms with Crippen LogP contribution in [0.2, 0.25) is 0 Å². The van der Waals surface area contributed by atoms with Gasteiger partial charge in [0.2, 0.25) is 0 Å². The minimum atomic E-state index is -0.539. The zero-order chi connectivity index (χ0) is 25.7. The molecule has 6 rings (SSSR count). The molecule has 0 aliphatic carbocycles. The van der Waals surface area contributed by atoms with E-state index in [0.29, 0.717) is 34.4 Å². The van der Waals surface area contributed by atoms with E-state index >= 15 is 0 Å². The molecule has 1 aliphatic rings. The second-order valence-corrected chi connectivity index (χ2v) is 8.63. The first kappa shape index (κ1) is 22.3. The average molecular weight is 493 g/mol. The number of carbonyl (C=O) groups is 2. The maximum Gasteiger partial charge on any atom is 0.273 e. The highest BCUT2D eigenvalue weighted by Gasteiger charge is 2.34. The van der Waals surface area contributed by atoms with Crippen LogP contribution in [-0.4, -0.2) is 28.8 Å². The van der Waals surface area contributed by atoms with Gasteiger partial charge in [0, 0.05) is 39.0 Å². The van der Waals surface area contributed by atoms with E-state index in [1.54, 1.807) is 6.07 Å². The molecule has 9 heteroatoms. The SMILES string of the molecule is COc1cc([N+](=O)[O-])ccc1-c1cc2[nH]c3ccc(OCc4ccccc4)cc3c2c2c1C(=O)NC2=O. The number of nitrogens with one attached hydrogen (secondary N) is 2. The van der Waals surface area contributed by atoms with E-state index < -0.39 is 16.7 Å². The zero-order valence-corrected chi connectivity index (χ0v) is 19.5. The summed E-state index contributed by atoms with van der Waals surface area (Å²) in [7, 11) is 1.40. The van der Waals surface area contributed by atoms with Crippen molar-refractivity contribution >= 4 is 39.3 Å². The molecule has 0 atom stereocenters. The number of nitro groups is 1. The Kier molecular flexibility index (Phi) is 5.11. The molecule has 0 unspecified atom stereocenters. The number of ether oxygens (including phenoxy) is 2. The van der Waals surface area contributed by atoms with Crippen LogP contribution in [0.3, 0.4) is 0 Å². The van der Waals surface area contributed by atoms with Crippen molar-refractivity contribution in [3.05, 3.63) is 99.6 Å². The molecule has 2 heterocycles. The van der Waals surface area contributed by atoms with Crippen LogP contribution in [0, 0.1) is 10.1 Å². The highest BCUT2D eigenvalue weighted by molar-refractivity contribution is 6.32. The summed E-state index contributed by atoms with van der Waals surface area (Å²) in [6, 6.07) is 21.2. The largest absolute Gasteiger partial charge is 0.496 e. The first-order valence-corrected chi connectivity index (χ1v) is 11.4. The van der Waals surface area contributed by atoms with Gasteiger partial charge < -0.3 is 14.5 Å². The molecule has 0 saturated carbocycles. The molecule has 9 nitrogen and oxygen atoms in total. The number of non-ortho nitro benzene ring substituents is 1. The minimum Gasteiger partial charge on any atom is -0.496 e. The summed E-state index contributed by atoms with van der Waals surface area (Å²) in [6.07, 6.45) is 0. The summed E-state index contributed by atoms with van der Waals surface area (Å²) < 4.78 is 11.4. The van der Waals surface area contributed by atoms with Gasteiger partial charge in [-0.25, -0.2) is 0 Å². The van der Waals surface area contributed by atoms with Gasteiger partial charge in [-0.15, -0.1) is 0 Å². The van der Waals surface area contributed by atoms with Crippen LogP contribution in [0.5, 0.6) is 11.5 Å². The van der Waals surface area contributed by atoms with Crippen LogP contribution in [0.25, 0.3) is 32.9 Å². The summed E-state index contributed by atoms with van der Waals surface area (Å²) in [5.41, 5.74) is 3.61. The van der Waals surface area contributed by atoms with E-state index in [9.17, 15) is 19.7 Å². The standard InChI is InChI=1S/C28H19N3O6/c1-36-23-11-16(31(34)35)7-9-18(23)19-13-22-24(26-25(19)27(32)30-28(26)33)20-12-17(8-10-21(20)29-22)37-14-15-5-3-2-4-6-15/h2-13,29H,14H2,1H3,(H,30,32,33). The molecule has 1 aromatic heterocycles. The molecule has 2 N–H and O–H groups in total. The first-order chi connectivity index (χ1) is 17.9. The summed E-state index contributed by atoms with van der Waals surface area (Å²) >= 11 is 0. The third-order valence-corrected chi connectivity index (χ3v) is 6.47. The van der Waals surface area contributed by atoms with Crippen LogP contribution in [-0.2, 0) is 6.61 Å². The van der Waals surface area contributed by atoms with Crippen LogP contribution >= 0.6 is 0 Å². The van der Waals surface area contributed by atoms with Crippen molar-refractivity contribution in [1.29, 1.82) is 0 Å². The number of methoxy groups -OCH3 is 1. The fourth-order valence-electron chi connectivity index (χ4n) is 4.80. The second kappa shape index (κ2) is 8.49. The van der Waals surface area contributed by atoms with Gasteiger partial charge >= 0.3 is 0 Å². The molecule has 0 fully saturated rings. The van der Waals surface area contributed by atoms with Crippen molar-refractivity contribution in [3.63, 3.8) is 0 Å². The Morgan fingerprint density at radius 3 is 2.41 bits per heavy atom. The molecule has 0 radical (unpaired) electrons. The molecular weight excluding hydrogens is 474 g/mol. The van der Waals surface area contributed by atoms with Crippen molar-refractivity contribution in [3.8, 4) is 22.6 Å². The topological polar surface area (TPSA) is 124 Å². The van der Waals surface area contributed by atoms with Gasteiger partial charge in [0.05, 0.1) is 29.2 Å². The van der Waals surface area contributed by atoms with Crippen molar-refractivity contribution in [2.24, 2.45) is 0 Å². The first-order valence-electron chi connectivity index (χ1n) is 11.4. The third-order valence-electron chi connectivity index (χ3n) is 6.47. The Labute approximate surface area is 209 Å². The van der Waals surface area contributed by atoms with E-state index in [1.165, 1.54) is 25.3 Å². The normalized spacial score (nSPS) is 12.6. The highest BCUT2D eigenvalue weighted by Crippen LogP contribution is 2.42. The summed E-state index contributed by atoms with van der Waals surface area (Å²) in [5.74, 6) is -0.208. The Bertz CT molecular complexity index is 1760. The summed E-state index contributed by atoms with van der Waals surface area (Å²) in [5, 5.41) is 15.0. The summed E-state index contributed by atoms with van der Waals surface area (Å²) in [6.45, 7) is 0.385.